The third-order valence-electron chi connectivity index (χ3n) is 4.38. The smallest absolute Gasteiger partial charge is 0.0475 e. The van der Waals surface area contributed by atoms with E-state index in [-0.39, 0.29) is 0 Å². The topological polar surface area (TPSA) is 29.3 Å². The Morgan fingerprint density at radius 2 is 1.53 bits per heavy atom. The molecule has 0 bridgehead atoms. The molecule has 1 atom stereocenters. The Morgan fingerprint density at radius 1 is 1.00 bits per heavy atom. The molecule has 1 fully saturated rings. The molecule has 2 N–H and O–H groups in total. The van der Waals surface area contributed by atoms with Crippen molar-refractivity contribution in [1.82, 2.24) is 4.90 Å². The van der Waals surface area contributed by atoms with E-state index in [1.807, 2.05) is 0 Å². The van der Waals surface area contributed by atoms with Crippen molar-refractivity contribution in [2.75, 3.05) is 19.6 Å². The summed E-state index contributed by atoms with van der Waals surface area (Å²) in [5, 5.41) is 0. The summed E-state index contributed by atoms with van der Waals surface area (Å²) in [7, 11) is 0. The minimum absolute atomic E-state index is 0.402. The van der Waals surface area contributed by atoms with E-state index in [4.69, 9.17) is 5.73 Å². The summed E-state index contributed by atoms with van der Waals surface area (Å²) in [5.41, 5.74) is 11.7. The summed E-state index contributed by atoms with van der Waals surface area (Å²) in [6, 6.07) is 4.99. The lowest BCUT2D eigenvalue weighted by molar-refractivity contribution is 0.208. The molecule has 2 nitrogen and oxygen atoms in total. The molecule has 0 spiro atoms. The molecule has 1 aliphatic rings. The van der Waals surface area contributed by atoms with Gasteiger partial charge in [0.1, 0.15) is 0 Å². The van der Waals surface area contributed by atoms with Crippen LogP contribution in [0.5, 0.6) is 0 Å². The van der Waals surface area contributed by atoms with Crippen molar-refractivity contribution in [3.63, 3.8) is 0 Å². The lowest BCUT2D eigenvalue weighted by Crippen LogP contribution is -2.35. The molecular formula is C17H28N2. The van der Waals surface area contributed by atoms with Crippen LogP contribution in [0.25, 0.3) is 0 Å². The maximum Gasteiger partial charge on any atom is 0.0475 e. The number of aryl methyl sites for hydroxylation is 3. The zero-order valence-electron chi connectivity index (χ0n) is 12.7. The molecule has 1 heterocycles. The molecule has 0 aliphatic carbocycles. The summed E-state index contributed by atoms with van der Waals surface area (Å²) in [5.74, 6) is 0. The second-order valence-corrected chi connectivity index (χ2v) is 6.01. The number of nitrogens with two attached hydrogens (primary N) is 1. The first-order valence-electron chi connectivity index (χ1n) is 7.65. The van der Waals surface area contributed by atoms with Crippen LogP contribution in [0.4, 0.5) is 0 Å². The molecule has 1 saturated heterocycles. The lowest BCUT2D eigenvalue weighted by atomic mass is 9.93. The van der Waals surface area contributed by atoms with E-state index in [0.29, 0.717) is 6.04 Å². The summed E-state index contributed by atoms with van der Waals surface area (Å²) >= 11 is 0. The van der Waals surface area contributed by atoms with E-state index in [1.165, 1.54) is 61.0 Å². The molecule has 106 valence electrons. The first-order valence-corrected chi connectivity index (χ1v) is 7.65. The van der Waals surface area contributed by atoms with Crippen molar-refractivity contribution in [1.29, 1.82) is 0 Å². The summed E-state index contributed by atoms with van der Waals surface area (Å²) in [6.07, 6.45) is 5.39. The quantitative estimate of drug-likeness (QED) is 0.901. The fraction of sp³-hybridized carbons (Fsp3) is 0.647. The van der Waals surface area contributed by atoms with Crippen molar-refractivity contribution in [3.05, 3.63) is 34.4 Å². The van der Waals surface area contributed by atoms with Crippen molar-refractivity contribution in [3.8, 4) is 0 Å². The summed E-state index contributed by atoms with van der Waals surface area (Å²) in [4.78, 5) is 2.61. The van der Waals surface area contributed by atoms with Crippen molar-refractivity contribution in [2.24, 2.45) is 5.73 Å². The normalized spacial score (nSPS) is 19.2. The molecule has 0 radical (unpaired) electrons. The van der Waals surface area contributed by atoms with Crippen LogP contribution >= 0.6 is 0 Å². The SMILES string of the molecule is Cc1cc(C)c(C(CN)N2CCCCCC2)c(C)c1. The fourth-order valence-corrected chi connectivity index (χ4v) is 3.57. The second-order valence-electron chi connectivity index (χ2n) is 6.01. The minimum Gasteiger partial charge on any atom is -0.329 e. The standard InChI is InChI=1S/C17H28N2/c1-13-10-14(2)17(15(3)11-13)16(12-18)19-8-6-4-5-7-9-19/h10-11,16H,4-9,12,18H2,1-3H3. The van der Waals surface area contributed by atoms with Crippen LogP contribution in [0.2, 0.25) is 0 Å². The van der Waals surface area contributed by atoms with E-state index in [9.17, 15) is 0 Å². The predicted octanol–water partition coefficient (Wildman–Crippen LogP) is 3.49. The average molecular weight is 260 g/mol. The highest BCUT2D eigenvalue weighted by Gasteiger charge is 2.23. The molecule has 0 saturated carbocycles. The van der Waals surface area contributed by atoms with Gasteiger partial charge in [0.25, 0.3) is 0 Å². The molecule has 2 heteroatoms. The van der Waals surface area contributed by atoms with Crippen LogP contribution in [-0.2, 0) is 0 Å². The van der Waals surface area contributed by atoms with Gasteiger partial charge in [-0.1, -0.05) is 30.5 Å². The van der Waals surface area contributed by atoms with Crippen molar-refractivity contribution in [2.45, 2.75) is 52.5 Å². The van der Waals surface area contributed by atoms with Gasteiger partial charge in [0, 0.05) is 12.6 Å². The second kappa shape index (κ2) is 6.53. The van der Waals surface area contributed by atoms with Crippen LogP contribution in [0.1, 0.15) is 54.0 Å². The Labute approximate surface area is 118 Å². The van der Waals surface area contributed by atoms with Gasteiger partial charge in [-0.25, -0.2) is 0 Å². The number of hydrogen-bond donors (Lipinski definition) is 1. The van der Waals surface area contributed by atoms with Crippen LogP contribution < -0.4 is 5.73 Å². The molecule has 2 rings (SSSR count). The molecular weight excluding hydrogens is 232 g/mol. The number of likely N-dealkylation sites (tertiary alicyclic amines) is 1. The van der Waals surface area contributed by atoms with Crippen LogP contribution in [-0.4, -0.2) is 24.5 Å². The molecule has 1 unspecified atom stereocenters. The van der Waals surface area contributed by atoms with Crippen molar-refractivity contribution < 1.29 is 0 Å². The van der Waals surface area contributed by atoms with Gasteiger partial charge >= 0.3 is 0 Å². The number of rotatable bonds is 3. The Morgan fingerprint density at radius 3 is 2.00 bits per heavy atom. The first kappa shape index (κ1) is 14.5. The minimum atomic E-state index is 0.402. The largest absolute Gasteiger partial charge is 0.329 e. The average Bonchev–Trinajstić information content (AvgIpc) is 2.62. The highest BCUT2D eigenvalue weighted by atomic mass is 15.2. The van der Waals surface area contributed by atoms with E-state index in [2.05, 4.69) is 37.8 Å². The van der Waals surface area contributed by atoms with Gasteiger partial charge < -0.3 is 5.73 Å². The molecule has 1 aromatic carbocycles. The van der Waals surface area contributed by atoms with E-state index in [1.54, 1.807) is 0 Å². The van der Waals surface area contributed by atoms with Crippen LogP contribution in [0.15, 0.2) is 12.1 Å². The summed E-state index contributed by atoms with van der Waals surface area (Å²) in [6.45, 7) is 9.77. The maximum absolute atomic E-state index is 6.12. The molecule has 1 aliphatic heterocycles. The Kier molecular flexibility index (Phi) is 5.00. The molecule has 1 aromatic rings. The maximum atomic E-state index is 6.12. The Balaban J connectivity index is 2.30. The van der Waals surface area contributed by atoms with Gasteiger partial charge in [-0.3, -0.25) is 4.90 Å². The van der Waals surface area contributed by atoms with Gasteiger partial charge in [-0.05, 0) is 63.4 Å². The van der Waals surface area contributed by atoms with Gasteiger partial charge in [0.2, 0.25) is 0 Å². The Bertz CT molecular complexity index is 394. The Hall–Kier alpha value is -0.860. The third kappa shape index (κ3) is 3.37. The number of hydrogen-bond acceptors (Lipinski definition) is 2. The number of nitrogens with zero attached hydrogens (tertiary/aromatic N) is 1. The molecule has 0 amide bonds. The molecule has 19 heavy (non-hydrogen) atoms. The zero-order chi connectivity index (χ0) is 13.8. The predicted molar refractivity (Wildman–Crippen MR) is 82.5 cm³/mol. The van der Waals surface area contributed by atoms with Gasteiger partial charge in [0.15, 0.2) is 0 Å². The zero-order valence-corrected chi connectivity index (χ0v) is 12.7. The molecule has 0 aromatic heterocycles. The highest BCUT2D eigenvalue weighted by molar-refractivity contribution is 5.40. The van der Waals surface area contributed by atoms with Crippen LogP contribution in [0.3, 0.4) is 0 Å². The van der Waals surface area contributed by atoms with E-state index in [0.717, 1.165) is 6.54 Å². The van der Waals surface area contributed by atoms with Crippen molar-refractivity contribution >= 4 is 0 Å². The van der Waals surface area contributed by atoms with Crippen LogP contribution in [0, 0.1) is 20.8 Å². The fourth-order valence-electron chi connectivity index (χ4n) is 3.57. The summed E-state index contributed by atoms with van der Waals surface area (Å²) < 4.78 is 0. The third-order valence-corrected chi connectivity index (χ3v) is 4.38. The first-order chi connectivity index (χ1) is 9.13. The monoisotopic (exact) mass is 260 g/mol. The van der Waals surface area contributed by atoms with E-state index >= 15 is 0 Å². The van der Waals surface area contributed by atoms with Gasteiger partial charge in [-0.15, -0.1) is 0 Å². The lowest BCUT2D eigenvalue weighted by Gasteiger charge is -2.32. The van der Waals surface area contributed by atoms with Gasteiger partial charge in [-0.2, -0.15) is 0 Å². The van der Waals surface area contributed by atoms with E-state index < -0.39 is 0 Å². The highest BCUT2D eigenvalue weighted by Crippen LogP contribution is 2.29. The number of benzene rings is 1. The van der Waals surface area contributed by atoms with Gasteiger partial charge in [0.05, 0.1) is 0 Å².